The minimum Gasteiger partial charge on any atom is -0.354 e. The van der Waals surface area contributed by atoms with E-state index in [4.69, 9.17) is 0 Å². The van der Waals surface area contributed by atoms with Gasteiger partial charge in [0.15, 0.2) is 0 Å². The highest BCUT2D eigenvalue weighted by Crippen LogP contribution is 2.07. The molecule has 1 amide bonds. The molecule has 1 aromatic heterocycles. The average molecular weight is 254 g/mol. The topological polar surface area (TPSA) is 59.0 Å². The number of amides is 1. The molecule has 1 fully saturated rings. The fraction of sp³-hybridized carbons (Fsp3) is 0.636. The lowest BCUT2D eigenvalue weighted by atomic mass is 10.3. The first-order chi connectivity index (χ1) is 8.27. The summed E-state index contributed by atoms with van der Waals surface area (Å²) >= 11 is 1.83. The Morgan fingerprint density at radius 3 is 3.29 bits per heavy atom. The van der Waals surface area contributed by atoms with Crippen molar-refractivity contribution in [1.82, 2.24) is 20.2 Å². The van der Waals surface area contributed by atoms with Crippen LogP contribution >= 0.6 is 11.8 Å². The SMILES string of the molecule is Cn1ccnc1CCNC(=O)C1CSCCN1. The molecule has 0 saturated carbocycles. The highest BCUT2D eigenvalue weighted by atomic mass is 32.2. The van der Waals surface area contributed by atoms with Crippen molar-refractivity contribution in [3.63, 3.8) is 0 Å². The molecule has 0 aliphatic carbocycles. The highest BCUT2D eigenvalue weighted by molar-refractivity contribution is 7.99. The van der Waals surface area contributed by atoms with Crippen LogP contribution < -0.4 is 10.6 Å². The van der Waals surface area contributed by atoms with Gasteiger partial charge in [-0.3, -0.25) is 4.79 Å². The van der Waals surface area contributed by atoms with E-state index in [9.17, 15) is 4.79 Å². The number of nitrogens with zero attached hydrogens (tertiary/aromatic N) is 2. The van der Waals surface area contributed by atoms with E-state index in [1.807, 2.05) is 29.6 Å². The van der Waals surface area contributed by atoms with Crippen molar-refractivity contribution in [2.75, 3.05) is 24.6 Å². The highest BCUT2D eigenvalue weighted by Gasteiger charge is 2.20. The number of carbonyl (C=O) groups excluding carboxylic acids is 1. The van der Waals surface area contributed by atoms with Crippen LogP contribution in [0.3, 0.4) is 0 Å². The van der Waals surface area contributed by atoms with Crippen molar-refractivity contribution in [1.29, 1.82) is 0 Å². The molecule has 1 saturated heterocycles. The largest absolute Gasteiger partial charge is 0.354 e. The molecule has 1 aliphatic heterocycles. The van der Waals surface area contributed by atoms with Gasteiger partial charge >= 0.3 is 0 Å². The molecule has 0 spiro atoms. The number of hydrogen-bond donors (Lipinski definition) is 2. The molecule has 1 aliphatic rings. The second-order valence-electron chi connectivity index (χ2n) is 4.08. The summed E-state index contributed by atoms with van der Waals surface area (Å²) < 4.78 is 1.97. The lowest BCUT2D eigenvalue weighted by Crippen LogP contribution is -2.49. The molecule has 1 aromatic rings. The van der Waals surface area contributed by atoms with E-state index in [2.05, 4.69) is 15.6 Å². The van der Waals surface area contributed by atoms with Crippen LogP contribution in [0.4, 0.5) is 0 Å². The Balaban J connectivity index is 1.71. The zero-order valence-corrected chi connectivity index (χ0v) is 10.8. The van der Waals surface area contributed by atoms with Gasteiger partial charge in [-0.25, -0.2) is 4.98 Å². The first-order valence-corrected chi connectivity index (χ1v) is 6.98. The molecule has 1 atom stereocenters. The van der Waals surface area contributed by atoms with Crippen molar-refractivity contribution in [2.24, 2.45) is 7.05 Å². The molecule has 2 rings (SSSR count). The van der Waals surface area contributed by atoms with E-state index >= 15 is 0 Å². The van der Waals surface area contributed by atoms with Gasteiger partial charge in [-0.05, 0) is 0 Å². The van der Waals surface area contributed by atoms with Crippen molar-refractivity contribution in [3.8, 4) is 0 Å². The lowest BCUT2D eigenvalue weighted by molar-refractivity contribution is -0.122. The second-order valence-corrected chi connectivity index (χ2v) is 5.23. The molecule has 0 radical (unpaired) electrons. The average Bonchev–Trinajstić information content (AvgIpc) is 2.76. The van der Waals surface area contributed by atoms with E-state index in [0.29, 0.717) is 6.54 Å². The van der Waals surface area contributed by atoms with E-state index in [-0.39, 0.29) is 11.9 Å². The number of imidazole rings is 1. The summed E-state index contributed by atoms with van der Waals surface area (Å²) in [6.07, 6.45) is 4.46. The predicted molar refractivity (Wildman–Crippen MR) is 69.0 cm³/mol. The molecule has 6 heteroatoms. The van der Waals surface area contributed by atoms with Crippen molar-refractivity contribution < 1.29 is 4.79 Å². The number of carbonyl (C=O) groups is 1. The van der Waals surface area contributed by atoms with Gasteiger partial charge in [0.1, 0.15) is 5.82 Å². The van der Waals surface area contributed by atoms with Gasteiger partial charge in [-0.2, -0.15) is 11.8 Å². The number of hydrogen-bond acceptors (Lipinski definition) is 4. The van der Waals surface area contributed by atoms with Gasteiger partial charge in [0.25, 0.3) is 0 Å². The maximum Gasteiger partial charge on any atom is 0.238 e. The predicted octanol–water partition coefficient (Wildman–Crippen LogP) is -0.216. The molecule has 2 heterocycles. The first-order valence-electron chi connectivity index (χ1n) is 5.82. The van der Waals surface area contributed by atoms with Gasteiger partial charge in [-0.15, -0.1) is 0 Å². The monoisotopic (exact) mass is 254 g/mol. The minimum absolute atomic E-state index is 0.0323. The Kier molecular flexibility index (Phi) is 4.44. The number of thioether (sulfide) groups is 1. The van der Waals surface area contributed by atoms with Crippen LogP contribution in [0.15, 0.2) is 12.4 Å². The summed E-state index contributed by atoms with van der Waals surface area (Å²) in [6.45, 7) is 1.56. The number of aromatic nitrogens is 2. The van der Waals surface area contributed by atoms with Gasteiger partial charge in [0.05, 0.1) is 6.04 Å². The second kappa shape index (κ2) is 6.07. The van der Waals surface area contributed by atoms with Gasteiger partial charge in [0, 0.05) is 50.5 Å². The molecule has 1 unspecified atom stereocenters. The molecule has 94 valence electrons. The smallest absolute Gasteiger partial charge is 0.238 e. The van der Waals surface area contributed by atoms with E-state index < -0.39 is 0 Å². The summed E-state index contributed by atoms with van der Waals surface area (Å²) in [5, 5.41) is 6.17. The van der Waals surface area contributed by atoms with E-state index in [1.54, 1.807) is 6.20 Å². The summed E-state index contributed by atoms with van der Waals surface area (Å²) in [5.74, 6) is 3.06. The number of nitrogens with one attached hydrogen (secondary N) is 2. The first kappa shape index (κ1) is 12.4. The molecule has 2 N–H and O–H groups in total. The Bertz CT molecular complexity index is 373. The van der Waals surface area contributed by atoms with Crippen LogP contribution in [0.5, 0.6) is 0 Å². The molecular weight excluding hydrogens is 236 g/mol. The maximum atomic E-state index is 11.8. The van der Waals surface area contributed by atoms with Gasteiger partial charge in [0.2, 0.25) is 5.91 Å². The summed E-state index contributed by atoms with van der Waals surface area (Å²) in [6, 6.07) is -0.0323. The Morgan fingerprint density at radius 1 is 1.76 bits per heavy atom. The Morgan fingerprint density at radius 2 is 2.65 bits per heavy atom. The molecule has 0 aromatic carbocycles. The fourth-order valence-corrected chi connectivity index (χ4v) is 2.73. The lowest BCUT2D eigenvalue weighted by Gasteiger charge is -2.22. The molecule has 0 bridgehead atoms. The van der Waals surface area contributed by atoms with E-state index in [0.717, 1.165) is 30.3 Å². The van der Waals surface area contributed by atoms with E-state index in [1.165, 1.54) is 0 Å². The molecular formula is C11H18N4OS. The zero-order valence-electron chi connectivity index (χ0n) is 9.98. The van der Waals surface area contributed by atoms with Crippen LogP contribution in [0, 0.1) is 0 Å². The Hall–Kier alpha value is -1.01. The third-order valence-electron chi connectivity index (χ3n) is 2.81. The van der Waals surface area contributed by atoms with Crippen LogP contribution in [-0.4, -0.2) is 46.1 Å². The quantitative estimate of drug-likeness (QED) is 0.780. The minimum atomic E-state index is -0.0323. The van der Waals surface area contributed by atoms with Gasteiger partial charge in [-0.1, -0.05) is 0 Å². The maximum absolute atomic E-state index is 11.8. The normalized spacial score (nSPS) is 20.2. The number of aryl methyl sites for hydroxylation is 1. The van der Waals surface area contributed by atoms with Crippen LogP contribution in [0.1, 0.15) is 5.82 Å². The van der Waals surface area contributed by atoms with Crippen LogP contribution in [0.2, 0.25) is 0 Å². The van der Waals surface area contributed by atoms with Gasteiger partial charge < -0.3 is 15.2 Å². The van der Waals surface area contributed by atoms with Crippen LogP contribution in [0.25, 0.3) is 0 Å². The fourth-order valence-electron chi connectivity index (χ4n) is 1.79. The summed E-state index contributed by atoms with van der Waals surface area (Å²) in [5.41, 5.74) is 0. The number of rotatable bonds is 4. The third kappa shape index (κ3) is 3.47. The standard InChI is InChI=1S/C11H18N4OS/c1-15-6-4-13-10(15)2-3-14-11(16)9-8-17-7-5-12-9/h4,6,9,12H,2-3,5,7-8H2,1H3,(H,14,16). The third-order valence-corrected chi connectivity index (χ3v) is 3.87. The van der Waals surface area contributed by atoms with Crippen molar-refractivity contribution in [2.45, 2.75) is 12.5 Å². The Labute approximate surface area is 105 Å². The summed E-state index contributed by atoms with van der Waals surface area (Å²) in [7, 11) is 1.96. The summed E-state index contributed by atoms with van der Waals surface area (Å²) in [4.78, 5) is 16.0. The van der Waals surface area contributed by atoms with Crippen molar-refractivity contribution >= 4 is 17.7 Å². The van der Waals surface area contributed by atoms with Crippen LogP contribution in [-0.2, 0) is 18.3 Å². The molecule has 17 heavy (non-hydrogen) atoms. The zero-order chi connectivity index (χ0) is 12.1. The molecule has 5 nitrogen and oxygen atoms in total. The van der Waals surface area contributed by atoms with Crippen molar-refractivity contribution in [3.05, 3.63) is 18.2 Å².